The summed E-state index contributed by atoms with van der Waals surface area (Å²) in [5.74, 6) is -0.739. The van der Waals surface area contributed by atoms with Gasteiger partial charge in [-0.1, -0.05) is 23.4 Å². The quantitative estimate of drug-likeness (QED) is 0.948. The van der Waals surface area contributed by atoms with E-state index in [2.05, 4.69) is 15.5 Å². The van der Waals surface area contributed by atoms with Gasteiger partial charge in [-0.05, 0) is 13.0 Å². The smallest absolute Gasteiger partial charge is 0.273 e. The largest absolute Gasteiger partial charge is 0.379 e. The normalized spacial score (nSPS) is 20.8. The highest BCUT2D eigenvalue weighted by Gasteiger charge is 2.43. The summed E-state index contributed by atoms with van der Waals surface area (Å²) in [5.41, 5.74) is -0.392. The molecule has 0 saturated carbocycles. The summed E-state index contributed by atoms with van der Waals surface area (Å²) in [4.78, 5) is 21.5. The van der Waals surface area contributed by atoms with Crippen molar-refractivity contribution in [2.24, 2.45) is 5.16 Å². The van der Waals surface area contributed by atoms with Crippen molar-refractivity contribution in [2.45, 2.75) is 18.9 Å². The van der Waals surface area contributed by atoms with Gasteiger partial charge in [0.15, 0.2) is 5.13 Å². The fraction of sp³-hybridized carbons (Fsp3) is 0.214. The first-order chi connectivity index (χ1) is 10.1. The van der Waals surface area contributed by atoms with E-state index in [4.69, 9.17) is 4.84 Å². The SMILES string of the molecule is CC1(C(=O)Nc2nccs2)CC(c2ccccc2F)=NO1. The van der Waals surface area contributed by atoms with Gasteiger partial charge in [-0.3, -0.25) is 10.1 Å². The topological polar surface area (TPSA) is 63.6 Å². The number of nitrogens with zero attached hydrogens (tertiary/aromatic N) is 2. The highest BCUT2D eigenvalue weighted by molar-refractivity contribution is 7.13. The molecule has 108 valence electrons. The van der Waals surface area contributed by atoms with E-state index in [1.807, 2.05) is 0 Å². The van der Waals surface area contributed by atoms with Crippen LogP contribution in [-0.2, 0) is 9.63 Å². The molecular weight excluding hydrogens is 293 g/mol. The molecule has 1 aromatic heterocycles. The lowest BCUT2D eigenvalue weighted by Gasteiger charge is -2.19. The molecule has 0 aliphatic carbocycles. The standard InChI is InChI=1S/C14H12FN3O2S/c1-14(12(19)17-13-16-6-7-21-13)8-11(18-20-14)9-4-2-3-5-10(9)15/h2-7H,8H2,1H3,(H,16,17,19). The molecule has 21 heavy (non-hydrogen) atoms. The molecule has 1 N–H and O–H groups in total. The maximum absolute atomic E-state index is 13.8. The molecule has 0 radical (unpaired) electrons. The molecule has 2 aromatic rings. The van der Waals surface area contributed by atoms with Crippen LogP contribution in [0.2, 0.25) is 0 Å². The molecule has 1 aromatic carbocycles. The minimum atomic E-state index is -1.16. The Labute approximate surface area is 124 Å². The van der Waals surface area contributed by atoms with Gasteiger partial charge in [0, 0.05) is 23.6 Å². The summed E-state index contributed by atoms with van der Waals surface area (Å²) in [5, 5.41) is 8.79. The zero-order valence-corrected chi connectivity index (χ0v) is 12.0. The van der Waals surface area contributed by atoms with Crippen LogP contribution in [0, 0.1) is 5.82 Å². The van der Waals surface area contributed by atoms with Crippen LogP contribution in [0.1, 0.15) is 18.9 Å². The van der Waals surface area contributed by atoms with Crippen LogP contribution in [0.3, 0.4) is 0 Å². The average molecular weight is 305 g/mol. The van der Waals surface area contributed by atoms with Crippen LogP contribution >= 0.6 is 11.3 Å². The van der Waals surface area contributed by atoms with Crippen molar-refractivity contribution in [1.29, 1.82) is 0 Å². The number of hydrogen-bond donors (Lipinski definition) is 1. The van der Waals surface area contributed by atoms with E-state index >= 15 is 0 Å². The van der Waals surface area contributed by atoms with Crippen molar-refractivity contribution in [3.05, 3.63) is 47.2 Å². The maximum Gasteiger partial charge on any atom is 0.273 e. The van der Waals surface area contributed by atoms with E-state index in [1.54, 1.807) is 36.7 Å². The molecule has 0 spiro atoms. The van der Waals surface area contributed by atoms with Crippen molar-refractivity contribution in [1.82, 2.24) is 4.98 Å². The van der Waals surface area contributed by atoms with Gasteiger partial charge in [0.2, 0.25) is 5.60 Å². The molecule has 5 nitrogen and oxygen atoms in total. The van der Waals surface area contributed by atoms with Crippen LogP contribution in [0.5, 0.6) is 0 Å². The lowest BCUT2D eigenvalue weighted by atomic mass is 9.95. The van der Waals surface area contributed by atoms with Crippen LogP contribution in [-0.4, -0.2) is 22.2 Å². The zero-order chi connectivity index (χ0) is 14.9. The number of hydrogen-bond acceptors (Lipinski definition) is 5. The van der Waals surface area contributed by atoms with E-state index in [0.29, 0.717) is 16.4 Å². The summed E-state index contributed by atoms with van der Waals surface area (Å²) in [7, 11) is 0. The number of nitrogens with one attached hydrogen (secondary N) is 1. The summed E-state index contributed by atoms with van der Waals surface area (Å²) in [6, 6.07) is 6.28. The van der Waals surface area contributed by atoms with Crippen LogP contribution in [0.15, 0.2) is 41.0 Å². The number of carbonyl (C=O) groups excluding carboxylic acids is 1. The fourth-order valence-electron chi connectivity index (χ4n) is 2.02. The van der Waals surface area contributed by atoms with Gasteiger partial charge in [0.1, 0.15) is 5.82 Å². The van der Waals surface area contributed by atoms with E-state index in [9.17, 15) is 9.18 Å². The molecular formula is C14H12FN3O2S. The van der Waals surface area contributed by atoms with Gasteiger partial charge in [0.25, 0.3) is 5.91 Å². The molecule has 0 bridgehead atoms. The Morgan fingerprint density at radius 1 is 1.48 bits per heavy atom. The Bertz CT molecular complexity index is 702. The summed E-state index contributed by atoms with van der Waals surface area (Å²) in [6.45, 7) is 1.62. The Morgan fingerprint density at radius 2 is 2.29 bits per heavy atom. The minimum absolute atomic E-state index is 0.200. The van der Waals surface area contributed by atoms with Crippen LogP contribution in [0.4, 0.5) is 9.52 Å². The highest BCUT2D eigenvalue weighted by atomic mass is 32.1. The lowest BCUT2D eigenvalue weighted by Crippen LogP contribution is -2.40. The Kier molecular flexibility index (Phi) is 3.42. The predicted molar refractivity (Wildman–Crippen MR) is 77.8 cm³/mol. The monoisotopic (exact) mass is 305 g/mol. The number of amides is 1. The third-order valence-electron chi connectivity index (χ3n) is 3.18. The van der Waals surface area contributed by atoms with Gasteiger partial charge in [-0.2, -0.15) is 0 Å². The molecule has 1 aliphatic heterocycles. The number of oxime groups is 1. The number of carbonyl (C=O) groups is 1. The summed E-state index contributed by atoms with van der Waals surface area (Å²) in [6.07, 6.45) is 1.80. The summed E-state index contributed by atoms with van der Waals surface area (Å²) < 4.78 is 13.8. The van der Waals surface area contributed by atoms with Crippen molar-refractivity contribution >= 4 is 28.1 Å². The number of thiazole rings is 1. The molecule has 1 unspecified atom stereocenters. The first-order valence-electron chi connectivity index (χ1n) is 6.29. The second-order valence-corrected chi connectivity index (χ2v) is 5.70. The first-order valence-corrected chi connectivity index (χ1v) is 7.17. The van der Waals surface area contributed by atoms with E-state index < -0.39 is 5.60 Å². The number of benzene rings is 1. The van der Waals surface area contributed by atoms with Crippen molar-refractivity contribution in [3.63, 3.8) is 0 Å². The number of rotatable bonds is 3. The molecule has 1 atom stereocenters. The first kappa shape index (κ1) is 13.7. The second kappa shape index (κ2) is 5.25. The Hall–Kier alpha value is -2.28. The van der Waals surface area contributed by atoms with Crippen molar-refractivity contribution in [3.8, 4) is 0 Å². The van der Waals surface area contributed by atoms with Gasteiger partial charge in [0.05, 0.1) is 5.71 Å². The van der Waals surface area contributed by atoms with Crippen molar-refractivity contribution in [2.75, 3.05) is 5.32 Å². The van der Waals surface area contributed by atoms with Crippen LogP contribution in [0.25, 0.3) is 0 Å². The van der Waals surface area contributed by atoms with Gasteiger partial charge in [-0.15, -0.1) is 11.3 Å². The third kappa shape index (κ3) is 2.64. The molecule has 1 aliphatic rings. The van der Waals surface area contributed by atoms with Gasteiger partial charge < -0.3 is 4.84 Å². The summed E-state index contributed by atoms with van der Waals surface area (Å²) >= 11 is 1.31. The van der Waals surface area contributed by atoms with Crippen molar-refractivity contribution < 1.29 is 14.0 Å². The predicted octanol–water partition coefficient (Wildman–Crippen LogP) is 2.80. The Balaban J connectivity index is 1.75. The second-order valence-electron chi connectivity index (χ2n) is 4.81. The number of anilines is 1. The van der Waals surface area contributed by atoms with Gasteiger partial charge in [-0.25, -0.2) is 9.37 Å². The fourth-order valence-corrected chi connectivity index (χ4v) is 2.54. The minimum Gasteiger partial charge on any atom is -0.379 e. The average Bonchev–Trinajstić information content (AvgIpc) is 3.10. The molecule has 1 amide bonds. The lowest BCUT2D eigenvalue weighted by molar-refractivity contribution is -0.135. The highest BCUT2D eigenvalue weighted by Crippen LogP contribution is 2.29. The molecule has 3 rings (SSSR count). The molecule has 0 saturated heterocycles. The third-order valence-corrected chi connectivity index (χ3v) is 3.87. The van der Waals surface area contributed by atoms with Crippen LogP contribution < -0.4 is 5.32 Å². The molecule has 2 heterocycles. The van der Waals surface area contributed by atoms with E-state index in [1.165, 1.54) is 17.4 Å². The molecule has 7 heteroatoms. The van der Waals surface area contributed by atoms with E-state index in [0.717, 1.165) is 0 Å². The van der Waals surface area contributed by atoms with Gasteiger partial charge >= 0.3 is 0 Å². The van der Waals surface area contributed by atoms with E-state index in [-0.39, 0.29) is 18.1 Å². The zero-order valence-electron chi connectivity index (χ0n) is 11.2. The maximum atomic E-state index is 13.8. The number of aromatic nitrogens is 1. The number of halogens is 1. The molecule has 0 fully saturated rings. The Morgan fingerprint density at radius 3 is 3.00 bits per heavy atom.